The summed E-state index contributed by atoms with van der Waals surface area (Å²) in [5.41, 5.74) is 3.13. The first kappa shape index (κ1) is 14.4. The van der Waals surface area contributed by atoms with Gasteiger partial charge in [-0.2, -0.15) is 0 Å². The highest BCUT2D eigenvalue weighted by Gasteiger charge is 2.12. The zero-order valence-corrected chi connectivity index (χ0v) is 14.4. The van der Waals surface area contributed by atoms with E-state index in [-0.39, 0.29) is 0 Å². The third kappa shape index (κ3) is 2.76. The third-order valence-electron chi connectivity index (χ3n) is 2.77. The summed E-state index contributed by atoms with van der Waals surface area (Å²) in [4.78, 5) is 4.71. The lowest BCUT2D eigenvalue weighted by atomic mass is 10.2. The van der Waals surface area contributed by atoms with Gasteiger partial charge in [0, 0.05) is 16.5 Å². The van der Waals surface area contributed by atoms with Crippen molar-refractivity contribution < 1.29 is 0 Å². The first-order chi connectivity index (χ1) is 9.69. The number of aromatic nitrogens is 1. The smallest absolute Gasteiger partial charge is 0.126 e. The normalized spacial score (nSPS) is 10.9. The molecule has 0 aliphatic rings. The standard InChI is InChI=1S/C14H9Cl2NS3/c1-18-14-9(4-5-19-14)13-17-12(7-20-13)8-2-3-10(15)11(16)6-8/h2-7H,1H3. The molecule has 2 aromatic heterocycles. The minimum Gasteiger partial charge on any atom is -0.236 e. The van der Waals surface area contributed by atoms with Crippen LogP contribution in [-0.4, -0.2) is 11.2 Å². The first-order valence-electron chi connectivity index (χ1n) is 5.72. The molecule has 0 bridgehead atoms. The second-order valence-electron chi connectivity index (χ2n) is 3.99. The summed E-state index contributed by atoms with van der Waals surface area (Å²) < 4.78 is 1.29. The number of rotatable bonds is 3. The zero-order valence-electron chi connectivity index (χ0n) is 10.4. The van der Waals surface area contributed by atoms with Crippen molar-refractivity contribution in [3.05, 3.63) is 45.1 Å². The predicted octanol–water partition coefficient (Wildman–Crippen LogP) is 6.57. The van der Waals surface area contributed by atoms with Crippen LogP contribution in [0.3, 0.4) is 0 Å². The van der Waals surface area contributed by atoms with Gasteiger partial charge in [-0.15, -0.1) is 34.4 Å². The lowest BCUT2D eigenvalue weighted by molar-refractivity contribution is 1.39. The third-order valence-corrected chi connectivity index (χ3v) is 6.47. The van der Waals surface area contributed by atoms with E-state index in [1.54, 1.807) is 40.5 Å². The van der Waals surface area contributed by atoms with Gasteiger partial charge in [-0.25, -0.2) is 4.98 Å². The summed E-state index contributed by atoms with van der Waals surface area (Å²) in [6.45, 7) is 0. The molecule has 0 radical (unpaired) electrons. The minimum absolute atomic E-state index is 0.555. The number of nitrogens with zero attached hydrogens (tertiary/aromatic N) is 1. The van der Waals surface area contributed by atoms with E-state index in [4.69, 9.17) is 28.2 Å². The highest BCUT2D eigenvalue weighted by atomic mass is 35.5. The van der Waals surface area contributed by atoms with Gasteiger partial charge in [0.15, 0.2) is 0 Å². The summed E-state index contributed by atoms with van der Waals surface area (Å²) in [7, 11) is 0. The Labute approximate surface area is 139 Å². The number of thiazole rings is 1. The Morgan fingerprint density at radius 2 is 1.95 bits per heavy atom. The molecule has 0 aliphatic carbocycles. The maximum atomic E-state index is 6.06. The van der Waals surface area contributed by atoms with Crippen LogP contribution < -0.4 is 0 Å². The molecule has 0 atom stereocenters. The fourth-order valence-corrected chi connectivity index (χ4v) is 4.64. The van der Waals surface area contributed by atoms with Crippen molar-refractivity contribution in [2.75, 3.05) is 6.26 Å². The Kier molecular flexibility index (Phi) is 4.38. The lowest BCUT2D eigenvalue weighted by Gasteiger charge is -2.00. The first-order valence-corrected chi connectivity index (χ1v) is 9.46. The van der Waals surface area contributed by atoms with Gasteiger partial charge in [-0.3, -0.25) is 0 Å². The maximum Gasteiger partial charge on any atom is 0.126 e. The van der Waals surface area contributed by atoms with Crippen molar-refractivity contribution in [2.45, 2.75) is 4.21 Å². The molecule has 20 heavy (non-hydrogen) atoms. The highest BCUT2D eigenvalue weighted by Crippen LogP contribution is 2.38. The Bertz CT molecular complexity index is 748. The summed E-state index contributed by atoms with van der Waals surface area (Å²) in [6, 6.07) is 7.71. The molecule has 3 aromatic rings. The fraction of sp³-hybridized carbons (Fsp3) is 0.0714. The number of halogens is 2. The van der Waals surface area contributed by atoms with E-state index in [9.17, 15) is 0 Å². The van der Waals surface area contributed by atoms with Crippen LogP contribution >= 0.6 is 57.6 Å². The molecule has 3 rings (SSSR count). The van der Waals surface area contributed by atoms with Crippen molar-refractivity contribution >= 4 is 57.6 Å². The van der Waals surface area contributed by atoms with Crippen molar-refractivity contribution in [1.29, 1.82) is 0 Å². The van der Waals surface area contributed by atoms with Gasteiger partial charge in [0.05, 0.1) is 19.9 Å². The molecular weight excluding hydrogens is 349 g/mol. The zero-order chi connectivity index (χ0) is 14.1. The molecule has 0 saturated carbocycles. The molecule has 1 nitrogen and oxygen atoms in total. The van der Waals surface area contributed by atoms with Crippen LogP contribution in [0.4, 0.5) is 0 Å². The topological polar surface area (TPSA) is 12.9 Å². The van der Waals surface area contributed by atoms with Crippen LogP contribution in [0.25, 0.3) is 21.8 Å². The Hall–Kier alpha value is -0.520. The molecule has 6 heteroatoms. The average molecular weight is 358 g/mol. The van der Waals surface area contributed by atoms with Gasteiger partial charge < -0.3 is 0 Å². The summed E-state index contributed by atoms with van der Waals surface area (Å²) >= 11 is 17.1. The Balaban J connectivity index is 1.99. The molecule has 0 aliphatic heterocycles. The molecule has 0 spiro atoms. The summed E-state index contributed by atoms with van der Waals surface area (Å²) in [6.07, 6.45) is 2.09. The molecular formula is C14H9Cl2NS3. The minimum atomic E-state index is 0.555. The average Bonchev–Trinajstić information content (AvgIpc) is 3.09. The Morgan fingerprint density at radius 3 is 2.70 bits per heavy atom. The molecule has 0 fully saturated rings. The van der Waals surface area contributed by atoms with Gasteiger partial charge >= 0.3 is 0 Å². The van der Waals surface area contributed by atoms with Gasteiger partial charge in [-0.1, -0.05) is 29.3 Å². The number of benzene rings is 1. The monoisotopic (exact) mass is 357 g/mol. The second-order valence-corrected chi connectivity index (χ2v) is 7.66. The molecule has 102 valence electrons. The van der Waals surface area contributed by atoms with Gasteiger partial charge in [0.1, 0.15) is 5.01 Å². The van der Waals surface area contributed by atoms with Gasteiger partial charge in [0.25, 0.3) is 0 Å². The van der Waals surface area contributed by atoms with Crippen LogP contribution in [0.2, 0.25) is 10.0 Å². The van der Waals surface area contributed by atoms with Crippen LogP contribution in [0, 0.1) is 0 Å². The fourth-order valence-electron chi connectivity index (χ4n) is 1.80. The van der Waals surface area contributed by atoms with Crippen molar-refractivity contribution in [3.8, 4) is 21.8 Å². The van der Waals surface area contributed by atoms with Gasteiger partial charge in [-0.05, 0) is 29.8 Å². The Morgan fingerprint density at radius 1 is 1.10 bits per heavy atom. The molecule has 0 N–H and O–H groups in total. The molecule has 0 unspecified atom stereocenters. The van der Waals surface area contributed by atoms with E-state index >= 15 is 0 Å². The SMILES string of the molecule is CSc1sccc1-c1nc(-c2ccc(Cl)c(Cl)c2)cs1. The number of thiophene rings is 1. The highest BCUT2D eigenvalue weighted by molar-refractivity contribution is 8.00. The largest absolute Gasteiger partial charge is 0.236 e. The molecule has 0 amide bonds. The van der Waals surface area contributed by atoms with Crippen LogP contribution in [-0.2, 0) is 0 Å². The van der Waals surface area contributed by atoms with Crippen molar-refractivity contribution in [3.63, 3.8) is 0 Å². The quantitative estimate of drug-likeness (QED) is 0.491. The number of hydrogen-bond donors (Lipinski definition) is 0. The number of hydrogen-bond acceptors (Lipinski definition) is 4. The lowest BCUT2D eigenvalue weighted by Crippen LogP contribution is -1.80. The summed E-state index contributed by atoms with van der Waals surface area (Å²) in [5, 5.41) is 6.31. The van der Waals surface area contributed by atoms with Crippen LogP contribution in [0.15, 0.2) is 39.2 Å². The predicted molar refractivity (Wildman–Crippen MR) is 92.7 cm³/mol. The number of thioether (sulfide) groups is 1. The van der Waals surface area contributed by atoms with Crippen LogP contribution in [0.5, 0.6) is 0 Å². The maximum absolute atomic E-state index is 6.06. The van der Waals surface area contributed by atoms with Gasteiger partial charge in [0.2, 0.25) is 0 Å². The van der Waals surface area contributed by atoms with Crippen LogP contribution in [0.1, 0.15) is 0 Å². The van der Waals surface area contributed by atoms with E-state index in [1.807, 2.05) is 12.1 Å². The summed E-state index contributed by atoms with van der Waals surface area (Å²) in [5.74, 6) is 0. The van der Waals surface area contributed by atoms with E-state index in [2.05, 4.69) is 23.1 Å². The van der Waals surface area contributed by atoms with E-state index < -0.39 is 0 Å². The van der Waals surface area contributed by atoms with E-state index in [1.165, 1.54) is 9.77 Å². The van der Waals surface area contributed by atoms with Crippen molar-refractivity contribution in [1.82, 2.24) is 4.98 Å². The molecule has 0 saturated heterocycles. The molecule has 1 aromatic carbocycles. The van der Waals surface area contributed by atoms with E-state index in [0.717, 1.165) is 16.3 Å². The van der Waals surface area contributed by atoms with E-state index in [0.29, 0.717) is 10.0 Å². The molecule has 2 heterocycles. The van der Waals surface area contributed by atoms with Crippen molar-refractivity contribution in [2.24, 2.45) is 0 Å². The second kappa shape index (κ2) is 6.08.